The smallest absolute Gasteiger partial charge is 0.0642 e. The van der Waals surface area contributed by atoms with Crippen LogP contribution in [0.3, 0.4) is 0 Å². The van der Waals surface area contributed by atoms with Gasteiger partial charge in [-0.15, -0.1) is 34.9 Å². The van der Waals surface area contributed by atoms with Crippen LogP contribution in [-0.2, 0) is 6.54 Å². The van der Waals surface area contributed by atoms with Gasteiger partial charge in [0.1, 0.15) is 0 Å². The Hall–Kier alpha value is -3.12. The first-order chi connectivity index (χ1) is 18.9. The van der Waals surface area contributed by atoms with Gasteiger partial charge in [-0.05, 0) is 37.7 Å². The molecule has 2 aromatic heterocycles. The van der Waals surface area contributed by atoms with Gasteiger partial charge in [0.25, 0.3) is 0 Å². The fraction of sp³-hybridized carbons (Fsp3) is 0.229. The van der Waals surface area contributed by atoms with Crippen LogP contribution in [0.1, 0.15) is 67.1 Å². The number of aliphatic imine (C=N–C) groups is 1. The predicted molar refractivity (Wildman–Crippen MR) is 165 cm³/mol. The number of hydrogen-bond acceptors (Lipinski definition) is 3. The van der Waals surface area contributed by atoms with E-state index in [0.29, 0.717) is 5.92 Å². The number of hydrogen-bond donors (Lipinski definition) is 0. The molecule has 1 aliphatic carbocycles. The Morgan fingerprint density at radius 2 is 1.45 bits per heavy atom. The predicted octanol–water partition coefficient (Wildman–Crippen LogP) is 9.36. The molecule has 0 unspecified atom stereocenters. The molecular weight excluding hydrogens is 615 g/mol. The third-order valence-electron chi connectivity index (χ3n) is 6.12. The van der Waals surface area contributed by atoms with Crippen LogP contribution in [0.5, 0.6) is 0 Å². The Bertz CT molecular complexity index is 1280. The average Bonchev–Trinajstić information content (AvgIpc) is 2.95. The zero-order valence-electron chi connectivity index (χ0n) is 24.0. The maximum atomic E-state index is 5.06. The number of aryl methyl sites for hydroxylation is 1. The summed E-state index contributed by atoms with van der Waals surface area (Å²) < 4.78 is 0. The second kappa shape index (κ2) is 18.3. The quantitative estimate of drug-likeness (QED) is 0.202. The van der Waals surface area contributed by atoms with E-state index in [1.165, 1.54) is 16.7 Å². The molecule has 1 aliphatic rings. The minimum absolute atomic E-state index is 0. The third kappa shape index (κ3) is 11.6. The number of nitrogens with zero attached hydrogens (tertiary/aromatic N) is 4. The van der Waals surface area contributed by atoms with Crippen molar-refractivity contribution in [3.63, 3.8) is 0 Å². The molecule has 0 fully saturated rings. The van der Waals surface area contributed by atoms with E-state index in [1.54, 1.807) is 12.4 Å². The minimum Gasteiger partial charge on any atom is -0.656 e. The molecule has 0 saturated heterocycles. The normalized spacial score (nSPS) is 13.1. The van der Waals surface area contributed by atoms with E-state index in [4.69, 9.17) is 10.3 Å². The van der Waals surface area contributed by atoms with Gasteiger partial charge in [0.05, 0.1) is 6.54 Å². The summed E-state index contributed by atoms with van der Waals surface area (Å²) in [5.74, 6) is 0.465. The summed E-state index contributed by atoms with van der Waals surface area (Å²) >= 11 is 0. The average molecular weight is 655 g/mol. The molecular formula is C35H39LaN4-3. The molecule has 5 rings (SSSR count). The van der Waals surface area contributed by atoms with Crippen LogP contribution in [0.25, 0.3) is 5.32 Å². The van der Waals surface area contributed by atoms with Gasteiger partial charge in [0, 0.05) is 53.7 Å². The largest absolute Gasteiger partial charge is 0.656 e. The van der Waals surface area contributed by atoms with E-state index in [0.717, 1.165) is 54.3 Å². The van der Waals surface area contributed by atoms with E-state index in [1.807, 2.05) is 42.5 Å². The Labute approximate surface area is 269 Å². The van der Waals surface area contributed by atoms with E-state index < -0.39 is 0 Å². The van der Waals surface area contributed by atoms with Crippen molar-refractivity contribution in [2.75, 3.05) is 0 Å². The number of rotatable bonds is 5. The van der Waals surface area contributed by atoms with Gasteiger partial charge in [-0.2, -0.15) is 12.1 Å². The molecule has 0 amide bonds. The van der Waals surface area contributed by atoms with Crippen LogP contribution < -0.4 is 0 Å². The van der Waals surface area contributed by atoms with Gasteiger partial charge in [0.15, 0.2) is 0 Å². The van der Waals surface area contributed by atoms with Crippen molar-refractivity contribution in [2.45, 2.75) is 52.5 Å². The first-order valence-electron chi connectivity index (χ1n) is 13.5. The number of para-hydroxylation sites is 1. The first-order valence-corrected chi connectivity index (χ1v) is 13.5. The van der Waals surface area contributed by atoms with Crippen LogP contribution >= 0.6 is 0 Å². The van der Waals surface area contributed by atoms with Crippen molar-refractivity contribution < 1.29 is 35.6 Å². The Morgan fingerprint density at radius 3 is 1.98 bits per heavy atom. The molecule has 1 radical (unpaired) electrons. The van der Waals surface area contributed by atoms with Crippen LogP contribution in [-0.4, -0.2) is 15.7 Å². The number of pyridine rings is 2. The Kier molecular flexibility index (Phi) is 15.1. The van der Waals surface area contributed by atoms with E-state index in [9.17, 15) is 0 Å². The van der Waals surface area contributed by atoms with Gasteiger partial charge < -0.3 is 5.32 Å². The van der Waals surface area contributed by atoms with Gasteiger partial charge in [-0.3, -0.25) is 15.0 Å². The zero-order chi connectivity index (χ0) is 27.9. The fourth-order valence-electron chi connectivity index (χ4n) is 4.01. The molecule has 0 atom stereocenters. The molecule has 0 N–H and O–H groups in total. The molecule has 2 heterocycles. The van der Waals surface area contributed by atoms with Crippen molar-refractivity contribution in [1.82, 2.24) is 9.97 Å². The van der Waals surface area contributed by atoms with Gasteiger partial charge >= 0.3 is 0 Å². The van der Waals surface area contributed by atoms with E-state index in [-0.39, 0.29) is 35.6 Å². The molecule has 5 heteroatoms. The van der Waals surface area contributed by atoms with Crippen molar-refractivity contribution in [3.8, 4) is 0 Å². The second-order valence-corrected chi connectivity index (χ2v) is 9.65. The first kappa shape index (κ1) is 33.1. The number of allylic oxidation sites excluding steroid dienone is 2. The second-order valence-electron chi connectivity index (χ2n) is 9.65. The SMILES string of the molecule is Cc1cccc(C(C)C)c1[N-]C1=CCCCC1=NCc1ccccc1.[CH2-]c1ccccn1.[CH2-]c1ccccn1.[La]. The summed E-state index contributed by atoms with van der Waals surface area (Å²) in [4.78, 5) is 12.6. The van der Waals surface area contributed by atoms with Crippen molar-refractivity contribution in [3.05, 3.63) is 156 Å². The molecule has 4 aromatic rings. The van der Waals surface area contributed by atoms with Crippen LogP contribution in [0.4, 0.5) is 5.69 Å². The number of benzene rings is 2. The Balaban J connectivity index is 0.000000304. The monoisotopic (exact) mass is 654 g/mol. The molecule has 0 aliphatic heterocycles. The molecule has 0 saturated carbocycles. The van der Waals surface area contributed by atoms with Gasteiger partial charge in [0.2, 0.25) is 0 Å². The van der Waals surface area contributed by atoms with Crippen LogP contribution in [0.2, 0.25) is 0 Å². The zero-order valence-corrected chi connectivity index (χ0v) is 27.6. The summed E-state index contributed by atoms with van der Waals surface area (Å²) in [5, 5.41) is 5.06. The molecule has 4 nitrogen and oxygen atoms in total. The van der Waals surface area contributed by atoms with E-state index in [2.05, 4.69) is 93.1 Å². The van der Waals surface area contributed by atoms with Crippen LogP contribution in [0, 0.1) is 56.4 Å². The van der Waals surface area contributed by atoms with Crippen molar-refractivity contribution >= 4 is 11.4 Å². The van der Waals surface area contributed by atoms with E-state index >= 15 is 0 Å². The number of aromatic nitrogens is 2. The topological polar surface area (TPSA) is 52.2 Å². The van der Waals surface area contributed by atoms with Crippen molar-refractivity contribution in [1.29, 1.82) is 0 Å². The van der Waals surface area contributed by atoms with Crippen molar-refractivity contribution in [2.24, 2.45) is 4.99 Å². The molecule has 0 bridgehead atoms. The summed E-state index contributed by atoms with van der Waals surface area (Å²) in [6.45, 7) is 14.6. The summed E-state index contributed by atoms with van der Waals surface area (Å²) in [5.41, 5.74) is 8.78. The summed E-state index contributed by atoms with van der Waals surface area (Å²) in [6, 6.07) is 28.2. The van der Waals surface area contributed by atoms with Gasteiger partial charge in [-0.25, -0.2) is 13.8 Å². The maximum absolute atomic E-state index is 5.06. The van der Waals surface area contributed by atoms with Gasteiger partial charge in [-0.1, -0.05) is 91.7 Å². The standard InChI is InChI=1S/C23H27N2.2C6H6N.La/c1-17(2)20-13-9-10-18(3)23(20)25-22-15-8-7-14-21(22)24-16-19-11-5-4-6-12-19;2*1-6-4-2-3-5-7-6;/h4-6,9-13,15,17H,7-8,14,16H2,1-3H3;2*2-5H,1H2;/q3*-1;. The fourth-order valence-corrected chi connectivity index (χ4v) is 4.01. The minimum atomic E-state index is 0. The summed E-state index contributed by atoms with van der Waals surface area (Å²) in [7, 11) is 0. The molecule has 0 spiro atoms. The molecule has 205 valence electrons. The Morgan fingerprint density at radius 1 is 0.825 bits per heavy atom. The van der Waals surface area contributed by atoms with Crippen LogP contribution in [0.15, 0.2) is 114 Å². The third-order valence-corrected chi connectivity index (χ3v) is 6.12. The summed E-state index contributed by atoms with van der Waals surface area (Å²) in [6.07, 6.45) is 8.98. The molecule has 40 heavy (non-hydrogen) atoms. The maximum Gasteiger partial charge on any atom is 0.0642 e. The molecule has 2 aromatic carbocycles.